The number of anilines is 1. The smallest absolute Gasteiger partial charge is 0.263 e. The number of aryl methyl sites for hydroxylation is 2. The Balaban J connectivity index is 1.48. The van der Waals surface area contributed by atoms with Gasteiger partial charge in [0.1, 0.15) is 5.56 Å². The second-order valence-corrected chi connectivity index (χ2v) is 7.60. The molecule has 0 spiro atoms. The zero-order chi connectivity index (χ0) is 21.3. The van der Waals surface area contributed by atoms with Gasteiger partial charge >= 0.3 is 0 Å². The summed E-state index contributed by atoms with van der Waals surface area (Å²) in [5, 5.41) is 3.01. The molecule has 1 aliphatic rings. The van der Waals surface area contributed by atoms with Crippen LogP contribution in [0.25, 0.3) is 11.3 Å². The van der Waals surface area contributed by atoms with Gasteiger partial charge in [-0.1, -0.05) is 0 Å². The number of nitrogens with zero attached hydrogens (tertiary/aromatic N) is 5. The summed E-state index contributed by atoms with van der Waals surface area (Å²) < 4.78 is 1.50. The van der Waals surface area contributed by atoms with Crippen molar-refractivity contribution in [1.29, 1.82) is 0 Å². The first-order valence-corrected chi connectivity index (χ1v) is 9.90. The average molecular weight is 404 g/mol. The third kappa shape index (κ3) is 3.80. The molecule has 1 aliphatic heterocycles. The topological polar surface area (TPSA) is 93.0 Å². The van der Waals surface area contributed by atoms with E-state index < -0.39 is 0 Å². The van der Waals surface area contributed by atoms with E-state index >= 15 is 0 Å². The number of carbonyl (C=O) groups excluding carboxylic acids is 1. The molecule has 0 bridgehead atoms. The minimum Gasteiger partial charge on any atom is -0.347 e. The van der Waals surface area contributed by atoms with Crippen LogP contribution in [0.4, 0.5) is 5.95 Å². The van der Waals surface area contributed by atoms with Crippen molar-refractivity contribution in [2.24, 2.45) is 7.05 Å². The first kappa shape index (κ1) is 19.8. The summed E-state index contributed by atoms with van der Waals surface area (Å²) in [7, 11) is 1.68. The maximum atomic E-state index is 12.8. The molecular formula is C22H24N6O2. The Morgan fingerprint density at radius 1 is 1.23 bits per heavy atom. The van der Waals surface area contributed by atoms with E-state index in [9.17, 15) is 9.59 Å². The molecule has 1 N–H and O–H groups in total. The van der Waals surface area contributed by atoms with E-state index in [0.29, 0.717) is 18.1 Å². The highest BCUT2D eigenvalue weighted by Crippen LogP contribution is 2.21. The molecule has 1 fully saturated rings. The predicted octanol–water partition coefficient (Wildman–Crippen LogP) is 1.86. The Labute approximate surface area is 174 Å². The van der Waals surface area contributed by atoms with Crippen LogP contribution in [-0.4, -0.2) is 44.6 Å². The highest BCUT2D eigenvalue weighted by atomic mass is 16.2. The Kier molecular flexibility index (Phi) is 5.31. The average Bonchev–Trinajstić information content (AvgIpc) is 3.21. The molecule has 30 heavy (non-hydrogen) atoms. The number of aromatic nitrogens is 4. The molecule has 0 radical (unpaired) electrons. The SMILES string of the molecule is Cc1cc(C)n(C)c(=O)c1C(=O)NC1CCN(c2nccc(-c3cccnc3)n2)C1. The molecule has 3 aromatic rings. The fraction of sp³-hybridized carbons (Fsp3) is 0.318. The van der Waals surface area contributed by atoms with E-state index in [-0.39, 0.29) is 23.1 Å². The lowest BCUT2D eigenvalue weighted by molar-refractivity contribution is 0.0937. The highest BCUT2D eigenvalue weighted by Gasteiger charge is 2.27. The first-order chi connectivity index (χ1) is 14.4. The number of hydrogen-bond donors (Lipinski definition) is 1. The number of pyridine rings is 2. The lowest BCUT2D eigenvalue weighted by Crippen LogP contribution is -2.41. The predicted molar refractivity (Wildman–Crippen MR) is 115 cm³/mol. The lowest BCUT2D eigenvalue weighted by atomic mass is 10.1. The van der Waals surface area contributed by atoms with Gasteiger partial charge in [0.2, 0.25) is 5.95 Å². The monoisotopic (exact) mass is 404 g/mol. The van der Waals surface area contributed by atoms with Gasteiger partial charge in [-0.25, -0.2) is 9.97 Å². The van der Waals surface area contributed by atoms with Crippen LogP contribution in [0.15, 0.2) is 47.7 Å². The minimum absolute atomic E-state index is 0.0754. The number of amides is 1. The molecule has 4 rings (SSSR count). The molecule has 4 heterocycles. The van der Waals surface area contributed by atoms with Gasteiger partial charge < -0.3 is 14.8 Å². The summed E-state index contributed by atoms with van der Waals surface area (Å²) in [4.78, 5) is 40.6. The molecule has 8 heteroatoms. The third-order valence-electron chi connectivity index (χ3n) is 5.50. The van der Waals surface area contributed by atoms with Gasteiger partial charge in [0, 0.05) is 56.0 Å². The van der Waals surface area contributed by atoms with Crippen LogP contribution in [0, 0.1) is 13.8 Å². The second kappa shape index (κ2) is 8.06. The van der Waals surface area contributed by atoms with Crippen LogP contribution < -0.4 is 15.8 Å². The number of carbonyl (C=O) groups is 1. The second-order valence-electron chi connectivity index (χ2n) is 7.60. The van der Waals surface area contributed by atoms with Crippen LogP contribution >= 0.6 is 0 Å². The quantitative estimate of drug-likeness (QED) is 0.714. The van der Waals surface area contributed by atoms with Gasteiger partial charge in [-0.15, -0.1) is 0 Å². The number of rotatable bonds is 4. The number of hydrogen-bond acceptors (Lipinski definition) is 6. The van der Waals surface area contributed by atoms with Crippen molar-refractivity contribution in [2.45, 2.75) is 26.3 Å². The van der Waals surface area contributed by atoms with Gasteiger partial charge in [-0.05, 0) is 50.1 Å². The van der Waals surface area contributed by atoms with Crippen LogP contribution in [-0.2, 0) is 7.05 Å². The van der Waals surface area contributed by atoms with Gasteiger partial charge in [0.05, 0.1) is 5.69 Å². The molecule has 1 atom stereocenters. The van der Waals surface area contributed by atoms with Gasteiger partial charge in [-0.2, -0.15) is 0 Å². The molecule has 0 aromatic carbocycles. The Hall–Kier alpha value is -3.55. The fourth-order valence-corrected chi connectivity index (χ4v) is 3.75. The van der Waals surface area contributed by atoms with Crippen molar-refractivity contribution in [3.8, 4) is 11.3 Å². The molecule has 0 saturated carbocycles. The van der Waals surface area contributed by atoms with Gasteiger partial charge in [0.25, 0.3) is 11.5 Å². The molecule has 1 amide bonds. The molecule has 8 nitrogen and oxygen atoms in total. The van der Waals surface area contributed by atoms with Crippen molar-refractivity contribution < 1.29 is 4.79 Å². The maximum Gasteiger partial charge on any atom is 0.263 e. The van der Waals surface area contributed by atoms with E-state index in [1.165, 1.54) is 4.57 Å². The van der Waals surface area contributed by atoms with Crippen molar-refractivity contribution in [1.82, 2.24) is 24.8 Å². The normalized spacial score (nSPS) is 16.0. The third-order valence-corrected chi connectivity index (χ3v) is 5.50. The first-order valence-electron chi connectivity index (χ1n) is 9.90. The summed E-state index contributed by atoms with van der Waals surface area (Å²) in [6.45, 7) is 4.96. The number of nitrogens with one attached hydrogen (secondary N) is 1. The summed E-state index contributed by atoms with van der Waals surface area (Å²) in [5.41, 5.74) is 3.18. The molecule has 0 aliphatic carbocycles. The summed E-state index contributed by atoms with van der Waals surface area (Å²) in [6.07, 6.45) is 5.99. The van der Waals surface area contributed by atoms with Gasteiger partial charge in [0.15, 0.2) is 0 Å². The van der Waals surface area contributed by atoms with Crippen LogP contribution in [0.3, 0.4) is 0 Å². The van der Waals surface area contributed by atoms with Crippen molar-refractivity contribution in [3.05, 3.63) is 70.0 Å². The van der Waals surface area contributed by atoms with Crippen molar-refractivity contribution in [3.63, 3.8) is 0 Å². The molecule has 154 valence electrons. The molecule has 1 saturated heterocycles. The zero-order valence-electron chi connectivity index (χ0n) is 17.3. The van der Waals surface area contributed by atoms with Crippen LogP contribution in [0.1, 0.15) is 28.0 Å². The highest BCUT2D eigenvalue weighted by molar-refractivity contribution is 5.95. The Morgan fingerprint density at radius 2 is 2.07 bits per heavy atom. The van der Waals surface area contributed by atoms with Crippen LogP contribution in [0.5, 0.6) is 0 Å². The Bertz CT molecular complexity index is 1140. The minimum atomic E-state index is -0.329. The van der Waals surface area contributed by atoms with Crippen molar-refractivity contribution >= 4 is 11.9 Å². The lowest BCUT2D eigenvalue weighted by Gasteiger charge is -2.18. The standard InChI is InChI=1S/C22H24N6O2/c1-14-11-15(2)27(3)21(30)19(14)20(29)25-17-7-10-28(13-17)22-24-9-6-18(26-22)16-5-4-8-23-12-16/h4-6,8-9,11-12,17H,7,10,13H2,1-3H3,(H,25,29). The fourth-order valence-electron chi connectivity index (χ4n) is 3.75. The van der Waals surface area contributed by atoms with E-state index in [1.807, 2.05) is 36.1 Å². The van der Waals surface area contributed by atoms with Crippen molar-refractivity contribution in [2.75, 3.05) is 18.0 Å². The largest absolute Gasteiger partial charge is 0.347 e. The molecular weight excluding hydrogens is 380 g/mol. The van der Waals surface area contributed by atoms with E-state index in [1.54, 1.807) is 32.6 Å². The summed E-state index contributed by atoms with van der Waals surface area (Å²) in [5.74, 6) is 0.292. The molecule has 3 aromatic heterocycles. The van der Waals surface area contributed by atoms with E-state index in [0.717, 1.165) is 29.9 Å². The van der Waals surface area contributed by atoms with Crippen LogP contribution in [0.2, 0.25) is 0 Å². The Morgan fingerprint density at radius 3 is 2.83 bits per heavy atom. The molecule has 1 unspecified atom stereocenters. The van der Waals surface area contributed by atoms with E-state index in [2.05, 4.69) is 20.3 Å². The summed E-state index contributed by atoms with van der Waals surface area (Å²) >= 11 is 0. The van der Waals surface area contributed by atoms with Gasteiger partial charge in [-0.3, -0.25) is 14.6 Å². The zero-order valence-corrected chi connectivity index (χ0v) is 17.3. The maximum absolute atomic E-state index is 12.8. The summed E-state index contributed by atoms with van der Waals surface area (Å²) in [6, 6.07) is 7.46. The van der Waals surface area contributed by atoms with E-state index in [4.69, 9.17) is 0 Å².